The highest BCUT2D eigenvalue weighted by Crippen LogP contribution is 2.32. The summed E-state index contributed by atoms with van der Waals surface area (Å²) in [4.78, 5) is 22.6. The van der Waals surface area contributed by atoms with Crippen molar-refractivity contribution in [3.8, 4) is 0 Å². The Morgan fingerprint density at radius 2 is 2.09 bits per heavy atom. The van der Waals surface area contributed by atoms with Crippen LogP contribution in [0.3, 0.4) is 0 Å². The molecule has 1 atom stereocenters. The molecular formula is C16H24N4O3. The van der Waals surface area contributed by atoms with Crippen molar-refractivity contribution >= 4 is 11.7 Å². The fourth-order valence-corrected chi connectivity index (χ4v) is 3.43. The lowest BCUT2D eigenvalue weighted by Gasteiger charge is -2.37. The van der Waals surface area contributed by atoms with E-state index >= 15 is 0 Å². The van der Waals surface area contributed by atoms with Crippen molar-refractivity contribution in [2.24, 2.45) is 0 Å². The minimum Gasteiger partial charge on any atom is -0.389 e. The summed E-state index contributed by atoms with van der Waals surface area (Å²) >= 11 is 0. The molecule has 23 heavy (non-hydrogen) atoms. The highest BCUT2D eigenvalue weighted by atomic mass is 16.5. The number of anilines is 1. The van der Waals surface area contributed by atoms with Gasteiger partial charge in [-0.05, 0) is 12.8 Å². The number of nitrogens with two attached hydrogens (primary N) is 1. The van der Waals surface area contributed by atoms with Crippen LogP contribution in [-0.4, -0.2) is 51.2 Å². The van der Waals surface area contributed by atoms with Crippen LogP contribution in [0, 0.1) is 0 Å². The van der Waals surface area contributed by atoms with Crippen LogP contribution in [0.1, 0.15) is 50.3 Å². The predicted octanol–water partition coefficient (Wildman–Crippen LogP) is 1.04. The highest BCUT2D eigenvalue weighted by molar-refractivity contribution is 5.77. The summed E-state index contributed by atoms with van der Waals surface area (Å²) in [6, 6.07) is 0. The first-order valence-corrected chi connectivity index (χ1v) is 8.25. The molecule has 1 aromatic heterocycles. The minimum absolute atomic E-state index is 0.0230. The molecule has 0 radical (unpaired) electrons. The van der Waals surface area contributed by atoms with Gasteiger partial charge in [0.05, 0.1) is 25.2 Å². The minimum atomic E-state index is -0.839. The van der Waals surface area contributed by atoms with Crippen LogP contribution in [-0.2, 0) is 9.53 Å². The fourth-order valence-electron chi connectivity index (χ4n) is 3.43. The van der Waals surface area contributed by atoms with Gasteiger partial charge in [-0.25, -0.2) is 4.98 Å². The van der Waals surface area contributed by atoms with Gasteiger partial charge in [0.25, 0.3) is 0 Å². The van der Waals surface area contributed by atoms with Crippen molar-refractivity contribution in [3.05, 3.63) is 18.1 Å². The van der Waals surface area contributed by atoms with Crippen LogP contribution in [0.5, 0.6) is 0 Å². The second-order valence-electron chi connectivity index (χ2n) is 6.49. The Hall–Kier alpha value is -1.73. The quantitative estimate of drug-likeness (QED) is 0.863. The molecule has 0 spiro atoms. The number of aliphatic hydroxyl groups is 1. The van der Waals surface area contributed by atoms with Gasteiger partial charge in [0.2, 0.25) is 5.91 Å². The normalized spacial score (nSPS) is 24.4. The van der Waals surface area contributed by atoms with Crippen LogP contribution >= 0.6 is 0 Å². The summed E-state index contributed by atoms with van der Waals surface area (Å²) < 4.78 is 5.70. The molecule has 126 valence electrons. The molecule has 1 saturated carbocycles. The van der Waals surface area contributed by atoms with Crippen LogP contribution < -0.4 is 5.73 Å². The molecule has 0 aromatic carbocycles. The van der Waals surface area contributed by atoms with Gasteiger partial charge in [-0.1, -0.05) is 19.3 Å². The molecule has 2 fully saturated rings. The number of ether oxygens (including phenoxy) is 1. The zero-order chi connectivity index (χ0) is 16.3. The molecule has 7 heteroatoms. The summed E-state index contributed by atoms with van der Waals surface area (Å²) in [5, 5.41) is 10.6. The summed E-state index contributed by atoms with van der Waals surface area (Å²) in [5.41, 5.74) is 5.58. The van der Waals surface area contributed by atoms with E-state index in [1.165, 1.54) is 6.20 Å². The van der Waals surface area contributed by atoms with Gasteiger partial charge in [-0.15, -0.1) is 0 Å². The third-order valence-electron chi connectivity index (χ3n) is 4.75. The number of nitrogen functional groups attached to an aromatic ring is 1. The Morgan fingerprint density at radius 3 is 2.83 bits per heavy atom. The number of amides is 1. The third-order valence-corrected chi connectivity index (χ3v) is 4.75. The Balaban J connectivity index is 1.64. The van der Waals surface area contributed by atoms with Crippen molar-refractivity contribution in [3.63, 3.8) is 0 Å². The first-order valence-electron chi connectivity index (χ1n) is 8.25. The van der Waals surface area contributed by atoms with Crippen LogP contribution in [0.25, 0.3) is 0 Å². The van der Waals surface area contributed by atoms with Crippen molar-refractivity contribution < 1.29 is 14.6 Å². The van der Waals surface area contributed by atoms with Gasteiger partial charge in [0.1, 0.15) is 17.6 Å². The average Bonchev–Trinajstić information content (AvgIpc) is 2.55. The van der Waals surface area contributed by atoms with E-state index in [0.29, 0.717) is 44.0 Å². The van der Waals surface area contributed by atoms with Gasteiger partial charge in [-0.2, -0.15) is 0 Å². The maximum absolute atomic E-state index is 12.6. The number of nitrogens with zero attached hydrogens (tertiary/aromatic N) is 3. The van der Waals surface area contributed by atoms with Crippen LogP contribution in [0.2, 0.25) is 0 Å². The molecule has 1 aliphatic carbocycles. The highest BCUT2D eigenvalue weighted by Gasteiger charge is 2.35. The van der Waals surface area contributed by atoms with Crippen molar-refractivity contribution in [2.45, 2.75) is 50.2 Å². The molecule has 1 aliphatic heterocycles. The zero-order valence-corrected chi connectivity index (χ0v) is 13.3. The summed E-state index contributed by atoms with van der Waals surface area (Å²) in [7, 11) is 0. The van der Waals surface area contributed by atoms with Crippen LogP contribution in [0.15, 0.2) is 12.4 Å². The smallest absolute Gasteiger partial charge is 0.225 e. The lowest BCUT2D eigenvalue weighted by molar-refractivity contribution is -0.145. The number of rotatable bonds is 3. The van der Waals surface area contributed by atoms with Gasteiger partial charge in [0.15, 0.2) is 0 Å². The molecule has 1 saturated heterocycles. The summed E-state index contributed by atoms with van der Waals surface area (Å²) in [5.74, 6) is 0.308. The number of morpholine rings is 1. The molecule has 1 amide bonds. The van der Waals surface area contributed by atoms with Crippen molar-refractivity contribution in [2.75, 3.05) is 25.4 Å². The monoisotopic (exact) mass is 320 g/mol. The van der Waals surface area contributed by atoms with Gasteiger partial charge >= 0.3 is 0 Å². The SMILES string of the molecule is Nc1nccnc1[C@@H]1CN(C(=O)CC2(O)CCCCC2)CCO1. The van der Waals surface area contributed by atoms with E-state index in [2.05, 4.69) is 9.97 Å². The molecule has 2 heterocycles. The lowest BCUT2D eigenvalue weighted by Crippen LogP contribution is -2.46. The molecule has 2 aliphatic rings. The topological polar surface area (TPSA) is 102 Å². The maximum atomic E-state index is 12.6. The Labute approximate surface area is 135 Å². The first kappa shape index (κ1) is 16.1. The fraction of sp³-hybridized carbons (Fsp3) is 0.688. The number of hydrogen-bond acceptors (Lipinski definition) is 6. The molecule has 0 bridgehead atoms. The molecule has 3 rings (SSSR count). The second-order valence-corrected chi connectivity index (χ2v) is 6.49. The van der Waals surface area contributed by atoms with Crippen molar-refractivity contribution in [1.82, 2.24) is 14.9 Å². The van der Waals surface area contributed by atoms with E-state index in [1.807, 2.05) is 0 Å². The predicted molar refractivity (Wildman–Crippen MR) is 84.4 cm³/mol. The number of hydrogen-bond donors (Lipinski definition) is 2. The molecule has 0 unspecified atom stereocenters. The number of aromatic nitrogens is 2. The summed E-state index contributed by atoms with van der Waals surface area (Å²) in [6.45, 7) is 1.37. The zero-order valence-electron chi connectivity index (χ0n) is 13.3. The van der Waals surface area contributed by atoms with E-state index in [4.69, 9.17) is 10.5 Å². The van der Waals surface area contributed by atoms with E-state index in [-0.39, 0.29) is 18.4 Å². The standard InChI is InChI=1S/C16H24N4O3/c17-15-14(18-6-7-19-15)12-11-20(8-9-23-12)13(21)10-16(22)4-2-1-3-5-16/h6-7,12,22H,1-5,8-11H2,(H2,17,19)/t12-/m0/s1. The number of carbonyl (C=O) groups excluding carboxylic acids is 1. The lowest BCUT2D eigenvalue weighted by atomic mass is 9.82. The van der Waals surface area contributed by atoms with E-state index in [1.54, 1.807) is 11.1 Å². The first-order chi connectivity index (χ1) is 11.1. The van der Waals surface area contributed by atoms with Crippen molar-refractivity contribution in [1.29, 1.82) is 0 Å². The van der Waals surface area contributed by atoms with Gasteiger partial charge in [-0.3, -0.25) is 9.78 Å². The molecular weight excluding hydrogens is 296 g/mol. The Morgan fingerprint density at radius 1 is 1.35 bits per heavy atom. The summed E-state index contributed by atoms with van der Waals surface area (Å²) in [6.07, 6.45) is 7.48. The van der Waals surface area contributed by atoms with Gasteiger partial charge < -0.3 is 20.5 Å². The molecule has 3 N–H and O–H groups in total. The van der Waals surface area contributed by atoms with Gasteiger partial charge in [0, 0.05) is 18.9 Å². The Kier molecular flexibility index (Phi) is 4.77. The van der Waals surface area contributed by atoms with E-state index in [0.717, 1.165) is 19.3 Å². The van der Waals surface area contributed by atoms with E-state index < -0.39 is 5.60 Å². The van der Waals surface area contributed by atoms with Crippen LogP contribution in [0.4, 0.5) is 5.82 Å². The second kappa shape index (κ2) is 6.80. The largest absolute Gasteiger partial charge is 0.389 e. The van der Waals surface area contributed by atoms with E-state index in [9.17, 15) is 9.90 Å². The third kappa shape index (κ3) is 3.79. The average molecular weight is 320 g/mol. The Bertz CT molecular complexity index is 560. The molecule has 1 aromatic rings. The maximum Gasteiger partial charge on any atom is 0.225 e. The molecule has 7 nitrogen and oxygen atoms in total. The number of carbonyl (C=O) groups is 1.